The van der Waals surface area contributed by atoms with Crippen molar-refractivity contribution in [2.24, 2.45) is 0 Å². The van der Waals surface area contributed by atoms with Gasteiger partial charge in [0.15, 0.2) is 0 Å². The van der Waals surface area contributed by atoms with E-state index in [4.69, 9.17) is 0 Å². The highest BCUT2D eigenvalue weighted by molar-refractivity contribution is 9.10. The Kier molecular flexibility index (Phi) is 3.87. The summed E-state index contributed by atoms with van der Waals surface area (Å²) >= 11 is 3.48. The average Bonchev–Trinajstić information content (AvgIpc) is 2.80. The molecule has 0 radical (unpaired) electrons. The second kappa shape index (κ2) is 5.21. The number of halogens is 1. The summed E-state index contributed by atoms with van der Waals surface area (Å²) in [6.45, 7) is 5.09. The highest BCUT2D eigenvalue weighted by Gasteiger charge is 2.27. The fourth-order valence-electron chi connectivity index (χ4n) is 2.42. The molecule has 1 atom stereocenters. The molecule has 1 aliphatic rings. The Morgan fingerprint density at radius 1 is 1.53 bits per heavy atom. The van der Waals surface area contributed by atoms with E-state index in [2.05, 4.69) is 22.9 Å². The molecule has 92 valence electrons. The molecule has 0 aromatic heterocycles. The van der Waals surface area contributed by atoms with E-state index < -0.39 is 0 Å². The van der Waals surface area contributed by atoms with Gasteiger partial charge in [-0.3, -0.25) is 4.79 Å². The van der Waals surface area contributed by atoms with Crippen LogP contribution in [0.4, 0.5) is 0 Å². The third-order valence-electron chi connectivity index (χ3n) is 3.53. The third-order valence-corrected chi connectivity index (χ3v) is 4.38. The molecule has 0 spiro atoms. The van der Waals surface area contributed by atoms with Crippen molar-refractivity contribution >= 4 is 21.8 Å². The molecule has 1 amide bonds. The summed E-state index contributed by atoms with van der Waals surface area (Å²) in [5.41, 5.74) is 1.96. The van der Waals surface area contributed by atoms with Gasteiger partial charge in [0.1, 0.15) is 0 Å². The lowest BCUT2D eigenvalue weighted by Gasteiger charge is -2.23. The molecule has 1 unspecified atom stereocenters. The van der Waals surface area contributed by atoms with E-state index in [1.54, 1.807) is 0 Å². The smallest absolute Gasteiger partial charge is 0.254 e. The van der Waals surface area contributed by atoms with Crippen LogP contribution in [0.3, 0.4) is 0 Å². The number of hydrogen-bond donors (Lipinski definition) is 0. The van der Waals surface area contributed by atoms with Crippen molar-refractivity contribution in [2.75, 3.05) is 6.54 Å². The Morgan fingerprint density at radius 3 is 2.94 bits per heavy atom. The molecular formula is C14H18BrNO. The Morgan fingerprint density at radius 2 is 2.29 bits per heavy atom. The Balaban J connectivity index is 2.21. The standard InChI is InChI=1S/C14H18BrNO/c1-3-12-5-4-8-16(12)14(17)11-7-6-10(2)13(15)9-11/h6-7,9,12H,3-5,8H2,1-2H3. The summed E-state index contributed by atoms with van der Waals surface area (Å²) in [5.74, 6) is 0.176. The van der Waals surface area contributed by atoms with Gasteiger partial charge in [-0.05, 0) is 43.9 Å². The van der Waals surface area contributed by atoms with Crippen LogP contribution in [0.15, 0.2) is 22.7 Å². The summed E-state index contributed by atoms with van der Waals surface area (Å²) in [5, 5.41) is 0. The van der Waals surface area contributed by atoms with Crippen molar-refractivity contribution in [1.29, 1.82) is 0 Å². The zero-order valence-electron chi connectivity index (χ0n) is 10.4. The van der Waals surface area contributed by atoms with E-state index in [-0.39, 0.29) is 5.91 Å². The van der Waals surface area contributed by atoms with Gasteiger partial charge >= 0.3 is 0 Å². The molecule has 1 heterocycles. The molecule has 1 aromatic rings. The molecule has 3 heteroatoms. The van der Waals surface area contributed by atoms with Crippen LogP contribution in [-0.2, 0) is 0 Å². The lowest BCUT2D eigenvalue weighted by atomic mass is 10.1. The average molecular weight is 296 g/mol. The molecule has 2 rings (SSSR count). The van der Waals surface area contributed by atoms with Crippen LogP contribution in [0.2, 0.25) is 0 Å². The fourth-order valence-corrected chi connectivity index (χ4v) is 2.80. The zero-order valence-corrected chi connectivity index (χ0v) is 12.0. The molecule has 0 saturated carbocycles. The lowest BCUT2D eigenvalue weighted by Crippen LogP contribution is -2.35. The minimum Gasteiger partial charge on any atom is -0.336 e. The molecule has 1 aromatic carbocycles. The van der Waals surface area contributed by atoms with Gasteiger partial charge in [0.25, 0.3) is 5.91 Å². The normalized spacial score (nSPS) is 19.7. The van der Waals surface area contributed by atoms with Gasteiger partial charge in [0.05, 0.1) is 0 Å². The van der Waals surface area contributed by atoms with Crippen molar-refractivity contribution in [3.63, 3.8) is 0 Å². The largest absolute Gasteiger partial charge is 0.336 e. The topological polar surface area (TPSA) is 20.3 Å². The summed E-state index contributed by atoms with van der Waals surface area (Å²) < 4.78 is 1.01. The molecule has 17 heavy (non-hydrogen) atoms. The van der Waals surface area contributed by atoms with Gasteiger partial charge in [-0.15, -0.1) is 0 Å². The number of likely N-dealkylation sites (tertiary alicyclic amines) is 1. The van der Waals surface area contributed by atoms with Crippen LogP contribution >= 0.6 is 15.9 Å². The van der Waals surface area contributed by atoms with Crippen LogP contribution in [0.5, 0.6) is 0 Å². The van der Waals surface area contributed by atoms with Crippen LogP contribution in [0.25, 0.3) is 0 Å². The minimum absolute atomic E-state index is 0.176. The van der Waals surface area contributed by atoms with Gasteiger partial charge in [-0.25, -0.2) is 0 Å². The number of hydrogen-bond acceptors (Lipinski definition) is 1. The van der Waals surface area contributed by atoms with Gasteiger partial charge in [-0.1, -0.05) is 28.9 Å². The maximum absolute atomic E-state index is 12.4. The lowest BCUT2D eigenvalue weighted by molar-refractivity contribution is 0.0733. The molecule has 1 fully saturated rings. The van der Waals surface area contributed by atoms with Crippen molar-refractivity contribution in [3.05, 3.63) is 33.8 Å². The van der Waals surface area contributed by atoms with Gasteiger partial charge < -0.3 is 4.90 Å². The van der Waals surface area contributed by atoms with E-state index in [1.165, 1.54) is 0 Å². The van der Waals surface area contributed by atoms with Crippen molar-refractivity contribution in [3.8, 4) is 0 Å². The number of carbonyl (C=O) groups excluding carboxylic acids is 1. The first kappa shape index (κ1) is 12.6. The quantitative estimate of drug-likeness (QED) is 0.813. The fraction of sp³-hybridized carbons (Fsp3) is 0.500. The molecule has 2 nitrogen and oxygen atoms in total. The Labute approximate surface area is 111 Å². The monoisotopic (exact) mass is 295 g/mol. The summed E-state index contributed by atoms with van der Waals surface area (Å²) in [4.78, 5) is 14.4. The molecule has 0 N–H and O–H groups in total. The number of rotatable bonds is 2. The zero-order chi connectivity index (χ0) is 12.4. The number of carbonyl (C=O) groups is 1. The van der Waals surface area contributed by atoms with E-state index in [9.17, 15) is 4.79 Å². The molecular weight excluding hydrogens is 278 g/mol. The maximum atomic E-state index is 12.4. The first-order chi connectivity index (χ1) is 8.13. The van der Waals surface area contributed by atoms with Crippen LogP contribution < -0.4 is 0 Å². The third kappa shape index (κ3) is 2.54. The molecule has 0 aliphatic carbocycles. The van der Waals surface area contributed by atoms with Gasteiger partial charge in [-0.2, -0.15) is 0 Å². The predicted octanol–water partition coefficient (Wildman–Crippen LogP) is 3.77. The first-order valence-corrected chi connectivity index (χ1v) is 7.00. The van der Waals surface area contributed by atoms with Crippen molar-refractivity contribution < 1.29 is 4.79 Å². The predicted molar refractivity (Wildman–Crippen MR) is 73.2 cm³/mol. The summed E-state index contributed by atoms with van der Waals surface area (Å²) in [6, 6.07) is 6.28. The van der Waals surface area contributed by atoms with E-state index in [0.29, 0.717) is 6.04 Å². The SMILES string of the molecule is CCC1CCCN1C(=O)c1ccc(C)c(Br)c1. The summed E-state index contributed by atoms with van der Waals surface area (Å²) in [7, 11) is 0. The summed E-state index contributed by atoms with van der Waals surface area (Å²) in [6.07, 6.45) is 3.34. The number of aryl methyl sites for hydroxylation is 1. The van der Waals surface area contributed by atoms with Gasteiger partial charge in [0, 0.05) is 22.6 Å². The van der Waals surface area contributed by atoms with Crippen LogP contribution in [-0.4, -0.2) is 23.4 Å². The Bertz CT molecular complexity index is 430. The Hall–Kier alpha value is -0.830. The molecule has 0 bridgehead atoms. The second-order valence-electron chi connectivity index (χ2n) is 4.67. The highest BCUT2D eigenvalue weighted by atomic mass is 79.9. The number of benzene rings is 1. The first-order valence-electron chi connectivity index (χ1n) is 6.20. The number of amides is 1. The van der Waals surface area contributed by atoms with E-state index >= 15 is 0 Å². The minimum atomic E-state index is 0.176. The van der Waals surface area contributed by atoms with Crippen LogP contribution in [0, 0.1) is 6.92 Å². The second-order valence-corrected chi connectivity index (χ2v) is 5.52. The van der Waals surface area contributed by atoms with Crippen molar-refractivity contribution in [2.45, 2.75) is 39.2 Å². The van der Waals surface area contributed by atoms with E-state index in [1.807, 2.05) is 30.0 Å². The van der Waals surface area contributed by atoms with E-state index in [0.717, 1.165) is 41.4 Å². The maximum Gasteiger partial charge on any atom is 0.254 e. The molecule has 1 saturated heterocycles. The number of nitrogens with zero attached hydrogens (tertiary/aromatic N) is 1. The van der Waals surface area contributed by atoms with Crippen molar-refractivity contribution in [1.82, 2.24) is 4.90 Å². The van der Waals surface area contributed by atoms with Gasteiger partial charge in [0.2, 0.25) is 0 Å². The van der Waals surface area contributed by atoms with Crippen LogP contribution in [0.1, 0.15) is 42.1 Å². The molecule has 1 aliphatic heterocycles. The highest BCUT2D eigenvalue weighted by Crippen LogP contribution is 2.24.